The van der Waals surface area contributed by atoms with E-state index in [1.807, 2.05) is 13.0 Å². The second-order valence-electron chi connectivity index (χ2n) is 7.54. The maximum atomic E-state index is 14.5. The number of amides is 1. The Kier molecular flexibility index (Phi) is 5.86. The van der Waals surface area contributed by atoms with E-state index in [2.05, 4.69) is 22.7 Å². The van der Waals surface area contributed by atoms with E-state index in [-0.39, 0.29) is 30.2 Å². The van der Waals surface area contributed by atoms with Gasteiger partial charge in [0.25, 0.3) is 5.91 Å². The first-order chi connectivity index (χ1) is 12.5. The molecular weight excluding hydrogens is 367 g/mol. The van der Waals surface area contributed by atoms with Crippen molar-refractivity contribution in [1.82, 2.24) is 20.4 Å². The minimum atomic E-state index is -0.304. The zero-order chi connectivity index (χ0) is 18.3. The first-order valence-corrected chi connectivity index (χ1v) is 9.44. The molecule has 1 saturated heterocycles. The summed E-state index contributed by atoms with van der Waals surface area (Å²) in [4.78, 5) is 12.9. The lowest BCUT2D eigenvalue weighted by molar-refractivity contribution is 0.0919. The molecule has 27 heavy (non-hydrogen) atoms. The third-order valence-corrected chi connectivity index (χ3v) is 5.44. The Morgan fingerprint density at radius 2 is 2.19 bits per heavy atom. The summed E-state index contributed by atoms with van der Waals surface area (Å²) in [5.74, 6) is -0.435. The molecule has 0 radical (unpaired) electrons. The Balaban J connectivity index is 0.00000210. The van der Waals surface area contributed by atoms with Crippen molar-refractivity contribution in [2.24, 2.45) is 0 Å². The van der Waals surface area contributed by atoms with Crippen molar-refractivity contribution in [3.63, 3.8) is 0 Å². The molecule has 146 valence electrons. The molecule has 2 N–H and O–H groups in total. The molecule has 2 aromatic rings. The van der Waals surface area contributed by atoms with Crippen LogP contribution in [0, 0.1) is 12.7 Å². The number of carbonyl (C=O) groups excluding carboxylic acids is 1. The highest BCUT2D eigenvalue weighted by Gasteiger charge is 2.29. The number of fused-ring (bicyclic) bond motifs is 1. The van der Waals surface area contributed by atoms with Gasteiger partial charge in [0.05, 0.1) is 0 Å². The quantitative estimate of drug-likeness (QED) is 0.843. The van der Waals surface area contributed by atoms with Crippen molar-refractivity contribution in [2.75, 3.05) is 6.54 Å². The summed E-state index contributed by atoms with van der Waals surface area (Å²) in [6, 6.07) is 5.69. The number of benzene rings is 1. The van der Waals surface area contributed by atoms with E-state index in [9.17, 15) is 9.18 Å². The number of nitrogens with one attached hydrogen (secondary N) is 2. The van der Waals surface area contributed by atoms with E-state index >= 15 is 0 Å². The fraction of sp³-hybridized carbons (Fsp3) is 0.500. The van der Waals surface area contributed by atoms with E-state index in [1.54, 1.807) is 10.7 Å². The van der Waals surface area contributed by atoms with Gasteiger partial charge in [-0.25, -0.2) is 9.07 Å². The highest BCUT2D eigenvalue weighted by Crippen LogP contribution is 2.29. The van der Waals surface area contributed by atoms with Crippen LogP contribution >= 0.6 is 12.4 Å². The van der Waals surface area contributed by atoms with Gasteiger partial charge in [-0.2, -0.15) is 5.10 Å². The molecule has 2 unspecified atom stereocenters. The van der Waals surface area contributed by atoms with Crippen LogP contribution in [0.4, 0.5) is 4.39 Å². The van der Waals surface area contributed by atoms with Crippen LogP contribution in [-0.4, -0.2) is 34.3 Å². The topological polar surface area (TPSA) is 59.0 Å². The van der Waals surface area contributed by atoms with Gasteiger partial charge in [0, 0.05) is 23.3 Å². The second-order valence-corrected chi connectivity index (χ2v) is 7.54. The molecule has 1 fully saturated rings. The number of halogens is 2. The molecule has 0 spiro atoms. The van der Waals surface area contributed by atoms with E-state index in [4.69, 9.17) is 0 Å². The van der Waals surface area contributed by atoms with Gasteiger partial charge in [0.15, 0.2) is 5.69 Å². The maximum Gasteiger partial charge on any atom is 0.272 e. The van der Waals surface area contributed by atoms with Gasteiger partial charge in [-0.3, -0.25) is 4.79 Å². The average molecular weight is 393 g/mol. The third-order valence-electron chi connectivity index (χ3n) is 5.44. The fourth-order valence-electron chi connectivity index (χ4n) is 4.12. The summed E-state index contributed by atoms with van der Waals surface area (Å²) in [6.07, 6.45) is 4.47. The number of carbonyl (C=O) groups is 1. The van der Waals surface area contributed by atoms with Crippen molar-refractivity contribution in [1.29, 1.82) is 0 Å². The van der Waals surface area contributed by atoms with Crippen LogP contribution in [0.5, 0.6) is 0 Å². The number of rotatable bonds is 3. The van der Waals surface area contributed by atoms with Crippen LogP contribution in [0.3, 0.4) is 0 Å². The molecule has 0 bridgehead atoms. The fourth-order valence-corrected chi connectivity index (χ4v) is 4.12. The van der Waals surface area contributed by atoms with Crippen molar-refractivity contribution in [3.8, 4) is 5.69 Å². The summed E-state index contributed by atoms with van der Waals surface area (Å²) in [6.45, 7) is 4.90. The molecule has 1 aliphatic heterocycles. The van der Waals surface area contributed by atoms with Gasteiger partial charge in [0.2, 0.25) is 0 Å². The van der Waals surface area contributed by atoms with Gasteiger partial charge < -0.3 is 10.6 Å². The molecule has 1 amide bonds. The third kappa shape index (κ3) is 3.87. The first kappa shape index (κ1) is 19.8. The first-order valence-electron chi connectivity index (χ1n) is 9.44. The monoisotopic (exact) mass is 392 g/mol. The summed E-state index contributed by atoms with van der Waals surface area (Å²) in [5, 5.41) is 11.1. The van der Waals surface area contributed by atoms with E-state index < -0.39 is 0 Å². The molecule has 2 heterocycles. The van der Waals surface area contributed by atoms with E-state index in [1.165, 1.54) is 6.07 Å². The maximum absolute atomic E-state index is 14.5. The second kappa shape index (κ2) is 7.98. The molecule has 5 nitrogen and oxygen atoms in total. The number of aromatic nitrogens is 2. The summed E-state index contributed by atoms with van der Waals surface area (Å²) >= 11 is 0. The van der Waals surface area contributed by atoms with Gasteiger partial charge in [0.1, 0.15) is 11.5 Å². The Labute approximate surface area is 165 Å². The molecule has 1 aliphatic carbocycles. The Bertz CT molecular complexity index is 851. The lowest BCUT2D eigenvalue weighted by atomic mass is 10.0. The smallest absolute Gasteiger partial charge is 0.272 e. The van der Waals surface area contributed by atoms with E-state index in [0.717, 1.165) is 55.5 Å². The predicted molar refractivity (Wildman–Crippen MR) is 105 cm³/mol. The van der Waals surface area contributed by atoms with Gasteiger partial charge in [-0.1, -0.05) is 6.07 Å². The van der Waals surface area contributed by atoms with Gasteiger partial charge in [-0.15, -0.1) is 12.4 Å². The lowest BCUT2D eigenvalue weighted by Crippen LogP contribution is -2.46. The lowest BCUT2D eigenvalue weighted by Gasteiger charge is -2.28. The van der Waals surface area contributed by atoms with Crippen LogP contribution in [0.15, 0.2) is 18.2 Å². The minimum absolute atomic E-state index is 0. The highest BCUT2D eigenvalue weighted by atomic mass is 35.5. The van der Waals surface area contributed by atoms with Crippen LogP contribution < -0.4 is 10.6 Å². The van der Waals surface area contributed by atoms with Crippen LogP contribution in [0.25, 0.3) is 5.69 Å². The summed E-state index contributed by atoms with van der Waals surface area (Å²) < 4.78 is 16.1. The van der Waals surface area contributed by atoms with Crippen molar-refractivity contribution in [2.45, 2.75) is 58.0 Å². The molecule has 1 aromatic heterocycles. The van der Waals surface area contributed by atoms with Crippen molar-refractivity contribution in [3.05, 3.63) is 46.5 Å². The van der Waals surface area contributed by atoms with Crippen LogP contribution in [0.1, 0.15) is 53.5 Å². The summed E-state index contributed by atoms with van der Waals surface area (Å²) in [7, 11) is 0. The van der Waals surface area contributed by atoms with E-state index in [0.29, 0.717) is 17.4 Å². The SMILES string of the molecule is Cc1ccc(-n2nc(C(=O)NC3CCNC(C)C3)c3c2CCC3)c(F)c1.Cl. The Morgan fingerprint density at radius 3 is 2.93 bits per heavy atom. The van der Waals surface area contributed by atoms with Crippen molar-refractivity contribution < 1.29 is 9.18 Å². The number of nitrogens with zero attached hydrogens (tertiary/aromatic N) is 2. The van der Waals surface area contributed by atoms with Crippen LogP contribution in [-0.2, 0) is 12.8 Å². The van der Waals surface area contributed by atoms with Gasteiger partial charge >= 0.3 is 0 Å². The van der Waals surface area contributed by atoms with Crippen LogP contribution in [0.2, 0.25) is 0 Å². The molecule has 2 atom stereocenters. The van der Waals surface area contributed by atoms with Gasteiger partial charge in [-0.05, 0) is 70.2 Å². The summed E-state index contributed by atoms with van der Waals surface area (Å²) in [5.41, 5.74) is 3.70. The minimum Gasteiger partial charge on any atom is -0.348 e. The average Bonchev–Trinajstić information content (AvgIpc) is 3.17. The number of piperidine rings is 1. The molecule has 1 aromatic carbocycles. The number of hydrogen-bond acceptors (Lipinski definition) is 3. The Morgan fingerprint density at radius 1 is 1.37 bits per heavy atom. The molecular formula is C20H26ClFN4O. The zero-order valence-corrected chi connectivity index (χ0v) is 16.5. The van der Waals surface area contributed by atoms with Crippen molar-refractivity contribution >= 4 is 18.3 Å². The zero-order valence-electron chi connectivity index (χ0n) is 15.7. The molecule has 2 aliphatic rings. The molecule has 4 rings (SSSR count). The Hall–Kier alpha value is -1.92. The normalized spacial score (nSPS) is 21.4. The predicted octanol–water partition coefficient (Wildman–Crippen LogP) is 3.10. The number of hydrogen-bond donors (Lipinski definition) is 2. The largest absolute Gasteiger partial charge is 0.348 e. The molecule has 7 heteroatoms. The molecule has 0 saturated carbocycles. The standard InChI is InChI=1S/C20H25FN4O.ClH/c1-12-6-7-18(16(21)10-12)25-17-5-3-4-15(17)19(24-25)20(26)23-14-8-9-22-13(2)11-14;/h6-7,10,13-14,22H,3-5,8-9,11H2,1-2H3,(H,23,26);1H. The number of aryl methyl sites for hydroxylation is 1. The highest BCUT2D eigenvalue weighted by molar-refractivity contribution is 5.94.